The molecule has 3 nitrogen and oxygen atoms in total. The predicted molar refractivity (Wildman–Crippen MR) is 58.4 cm³/mol. The highest BCUT2D eigenvalue weighted by Crippen LogP contribution is 2.29. The number of carbonyl (C=O) groups excluding carboxylic acids is 1. The summed E-state index contributed by atoms with van der Waals surface area (Å²) < 4.78 is 5.24. The second-order valence-electron chi connectivity index (χ2n) is 3.66. The number of Topliss-reactive ketones (excluding diaryl/α,β-unsaturated/α-hetero) is 1. The highest BCUT2D eigenvalue weighted by Gasteiger charge is 2.09. The Bertz CT molecular complexity index is 369. The predicted octanol–water partition coefficient (Wildman–Crippen LogP) is 2.23. The van der Waals surface area contributed by atoms with Crippen molar-refractivity contribution in [1.29, 1.82) is 0 Å². The molecule has 1 aromatic carbocycles. The number of hydrogen-bond acceptors (Lipinski definition) is 3. The highest BCUT2D eigenvalue weighted by molar-refractivity contribution is 5.75. The minimum atomic E-state index is 0.137. The Morgan fingerprint density at radius 1 is 1.47 bits per heavy atom. The zero-order valence-corrected chi connectivity index (χ0v) is 9.33. The molecule has 1 N–H and O–H groups in total. The third-order valence-corrected chi connectivity index (χ3v) is 2.29. The Labute approximate surface area is 89.7 Å². The lowest BCUT2D eigenvalue weighted by molar-refractivity contribution is -0.116. The lowest BCUT2D eigenvalue weighted by Crippen LogP contribution is -1.98. The molecule has 1 rings (SSSR count). The normalized spacial score (nSPS) is 10.1. The molecule has 0 aromatic heterocycles. The molecule has 0 spiro atoms. The van der Waals surface area contributed by atoms with Gasteiger partial charge in [-0.1, -0.05) is 0 Å². The van der Waals surface area contributed by atoms with Gasteiger partial charge in [0.1, 0.15) is 17.3 Å². The molecule has 0 heterocycles. The summed E-state index contributed by atoms with van der Waals surface area (Å²) in [7, 11) is 1.59. The van der Waals surface area contributed by atoms with Crippen LogP contribution in [0, 0.1) is 6.92 Å². The van der Waals surface area contributed by atoms with Crippen molar-refractivity contribution >= 4 is 5.78 Å². The first-order valence-electron chi connectivity index (χ1n) is 4.90. The standard InChI is InChI=1S/C12H16O3/c1-8-6-11(14)7-10(12(8)15-3)5-4-9(2)13/h6-7,14H,4-5H2,1-3H3. The number of hydrogen-bond donors (Lipinski definition) is 1. The van der Waals surface area contributed by atoms with E-state index in [4.69, 9.17) is 4.74 Å². The number of benzene rings is 1. The van der Waals surface area contributed by atoms with Crippen molar-refractivity contribution in [2.24, 2.45) is 0 Å². The lowest BCUT2D eigenvalue weighted by Gasteiger charge is -2.11. The van der Waals surface area contributed by atoms with Gasteiger partial charge >= 0.3 is 0 Å². The summed E-state index contributed by atoms with van der Waals surface area (Å²) >= 11 is 0. The molecule has 0 aliphatic heterocycles. The van der Waals surface area contributed by atoms with E-state index in [9.17, 15) is 9.90 Å². The van der Waals surface area contributed by atoms with Crippen molar-refractivity contribution < 1.29 is 14.6 Å². The molecule has 0 unspecified atom stereocenters. The topological polar surface area (TPSA) is 46.5 Å². The number of phenolic OH excluding ortho intramolecular Hbond substituents is 1. The van der Waals surface area contributed by atoms with Crippen molar-refractivity contribution in [3.63, 3.8) is 0 Å². The first-order valence-corrected chi connectivity index (χ1v) is 4.90. The van der Waals surface area contributed by atoms with Crippen LogP contribution in [0.1, 0.15) is 24.5 Å². The van der Waals surface area contributed by atoms with Crippen LogP contribution in [0.15, 0.2) is 12.1 Å². The quantitative estimate of drug-likeness (QED) is 0.825. The lowest BCUT2D eigenvalue weighted by atomic mass is 10.0. The van der Waals surface area contributed by atoms with Crippen LogP contribution in [-0.4, -0.2) is 18.0 Å². The molecule has 82 valence electrons. The van der Waals surface area contributed by atoms with Crippen molar-refractivity contribution in [3.8, 4) is 11.5 Å². The maximum absolute atomic E-state index is 10.9. The van der Waals surface area contributed by atoms with Crippen LogP contribution in [0.25, 0.3) is 0 Å². The van der Waals surface area contributed by atoms with Gasteiger partial charge < -0.3 is 14.6 Å². The van der Waals surface area contributed by atoms with Crippen LogP contribution >= 0.6 is 0 Å². The fourth-order valence-corrected chi connectivity index (χ4v) is 1.61. The SMILES string of the molecule is COc1c(C)cc(O)cc1CCC(C)=O. The fourth-order valence-electron chi connectivity index (χ4n) is 1.61. The van der Waals surface area contributed by atoms with Gasteiger partial charge in [-0.15, -0.1) is 0 Å². The molecule has 0 saturated carbocycles. The number of aromatic hydroxyl groups is 1. The average molecular weight is 208 g/mol. The van der Waals surface area contributed by atoms with E-state index in [2.05, 4.69) is 0 Å². The second kappa shape index (κ2) is 4.82. The number of phenols is 1. The van der Waals surface area contributed by atoms with Gasteiger partial charge in [0, 0.05) is 6.42 Å². The summed E-state index contributed by atoms with van der Waals surface area (Å²) in [5, 5.41) is 9.44. The highest BCUT2D eigenvalue weighted by atomic mass is 16.5. The summed E-state index contributed by atoms with van der Waals surface area (Å²) in [4.78, 5) is 10.9. The van der Waals surface area contributed by atoms with Gasteiger partial charge in [0.05, 0.1) is 7.11 Å². The number of ether oxygens (including phenoxy) is 1. The largest absolute Gasteiger partial charge is 0.508 e. The van der Waals surface area contributed by atoms with E-state index < -0.39 is 0 Å². The average Bonchev–Trinajstić information content (AvgIpc) is 2.13. The molecule has 0 saturated heterocycles. The maximum atomic E-state index is 10.9. The minimum Gasteiger partial charge on any atom is -0.508 e. The molecule has 0 radical (unpaired) electrons. The smallest absolute Gasteiger partial charge is 0.130 e. The summed E-state index contributed by atoms with van der Waals surface area (Å²) in [5.41, 5.74) is 1.77. The molecule has 1 aromatic rings. The van der Waals surface area contributed by atoms with E-state index in [-0.39, 0.29) is 11.5 Å². The molecule has 0 fully saturated rings. The zero-order valence-electron chi connectivity index (χ0n) is 9.33. The van der Waals surface area contributed by atoms with Crippen LogP contribution in [0.5, 0.6) is 11.5 Å². The van der Waals surface area contributed by atoms with Crippen LogP contribution in [0.2, 0.25) is 0 Å². The van der Waals surface area contributed by atoms with Gasteiger partial charge in [-0.05, 0) is 43.5 Å². The minimum absolute atomic E-state index is 0.137. The number of methoxy groups -OCH3 is 1. The fraction of sp³-hybridized carbons (Fsp3) is 0.417. The van der Waals surface area contributed by atoms with Crippen molar-refractivity contribution in [2.75, 3.05) is 7.11 Å². The van der Waals surface area contributed by atoms with Gasteiger partial charge in [0.15, 0.2) is 0 Å². The Morgan fingerprint density at radius 2 is 2.13 bits per heavy atom. The Kier molecular flexibility index (Phi) is 3.72. The molecule has 15 heavy (non-hydrogen) atoms. The van der Waals surface area contributed by atoms with Crippen LogP contribution in [0.3, 0.4) is 0 Å². The summed E-state index contributed by atoms with van der Waals surface area (Å²) in [6, 6.07) is 3.30. The third kappa shape index (κ3) is 2.98. The van der Waals surface area contributed by atoms with E-state index in [1.165, 1.54) is 0 Å². The molecule has 0 aliphatic carbocycles. The van der Waals surface area contributed by atoms with Gasteiger partial charge in [-0.3, -0.25) is 0 Å². The summed E-state index contributed by atoms with van der Waals surface area (Å²) in [5.74, 6) is 1.11. The van der Waals surface area contributed by atoms with Crippen LogP contribution < -0.4 is 4.74 Å². The van der Waals surface area contributed by atoms with Crippen molar-refractivity contribution in [3.05, 3.63) is 23.3 Å². The second-order valence-corrected chi connectivity index (χ2v) is 3.66. The zero-order chi connectivity index (χ0) is 11.4. The Balaban J connectivity index is 2.98. The van der Waals surface area contributed by atoms with Gasteiger partial charge in [0.2, 0.25) is 0 Å². The van der Waals surface area contributed by atoms with Crippen molar-refractivity contribution in [2.45, 2.75) is 26.7 Å². The van der Waals surface area contributed by atoms with Crippen LogP contribution in [-0.2, 0) is 11.2 Å². The molecule has 0 bridgehead atoms. The summed E-state index contributed by atoms with van der Waals surface area (Å²) in [6.07, 6.45) is 1.08. The molecular formula is C12H16O3. The molecular weight excluding hydrogens is 192 g/mol. The first kappa shape index (κ1) is 11.6. The number of ketones is 1. The van der Waals surface area contributed by atoms with E-state index in [1.807, 2.05) is 6.92 Å². The Hall–Kier alpha value is -1.51. The summed E-state index contributed by atoms with van der Waals surface area (Å²) in [6.45, 7) is 3.43. The molecule has 0 amide bonds. The van der Waals surface area contributed by atoms with E-state index in [0.29, 0.717) is 12.8 Å². The van der Waals surface area contributed by atoms with Crippen LogP contribution in [0.4, 0.5) is 0 Å². The molecule has 0 atom stereocenters. The third-order valence-electron chi connectivity index (χ3n) is 2.29. The first-order chi connectivity index (χ1) is 7.04. The maximum Gasteiger partial charge on any atom is 0.130 e. The van der Waals surface area contributed by atoms with Gasteiger partial charge in [-0.25, -0.2) is 0 Å². The van der Waals surface area contributed by atoms with Crippen molar-refractivity contribution in [1.82, 2.24) is 0 Å². The molecule has 3 heteroatoms. The van der Waals surface area contributed by atoms with Gasteiger partial charge in [-0.2, -0.15) is 0 Å². The van der Waals surface area contributed by atoms with E-state index in [1.54, 1.807) is 26.2 Å². The Morgan fingerprint density at radius 3 is 2.67 bits per heavy atom. The number of rotatable bonds is 4. The number of aryl methyl sites for hydroxylation is 2. The van der Waals surface area contributed by atoms with Gasteiger partial charge in [0.25, 0.3) is 0 Å². The number of carbonyl (C=O) groups is 1. The monoisotopic (exact) mass is 208 g/mol. The van der Waals surface area contributed by atoms with E-state index in [0.717, 1.165) is 16.9 Å². The molecule has 0 aliphatic rings. The van der Waals surface area contributed by atoms with E-state index >= 15 is 0 Å².